The van der Waals surface area contributed by atoms with Gasteiger partial charge in [-0.3, -0.25) is 9.69 Å². The first-order valence-electron chi connectivity index (χ1n) is 12.6. The molecule has 0 aliphatic carbocycles. The van der Waals surface area contributed by atoms with Gasteiger partial charge in [0.1, 0.15) is 11.5 Å². The van der Waals surface area contributed by atoms with Crippen LogP contribution < -0.4 is 9.64 Å². The van der Waals surface area contributed by atoms with E-state index < -0.39 is 11.9 Å². The molecule has 8 heteroatoms. The van der Waals surface area contributed by atoms with Crippen molar-refractivity contribution in [2.45, 2.75) is 33.2 Å². The first-order valence-corrected chi connectivity index (χ1v) is 12.6. The molecule has 38 heavy (non-hydrogen) atoms. The van der Waals surface area contributed by atoms with Crippen LogP contribution in [0.15, 0.2) is 77.8 Å². The Hall–Kier alpha value is -4.46. The van der Waals surface area contributed by atoms with Crippen molar-refractivity contribution in [1.82, 2.24) is 0 Å². The predicted molar refractivity (Wildman–Crippen MR) is 144 cm³/mol. The Morgan fingerprint density at radius 2 is 1.34 bits per heavy atom. The molecule has 4 rings (SSSR count). The molecule has 0 saturated carbocycles. The Morgan fingerprint density at radius 1 is 0.789 bits per heavy atom. The van der Waals surface area contributed by atoms with E-state index in [9.17, 15) is 14.4 Å². The molecule has 3 aromatic carbocycles. The lowest BCUT2D eigenvalue weighted by molar-refractivity contribution is -0.112. The number of carbonyl (C=O) groups excluding carboxylic acids is 3. The topological polar surface area (TPSA) is 94.5 Å². The Balaban J connectivity index is 1.66. The SMILES string of the molecule is CCOC(=O)c1ccc(N=C2CC(c3ccc(OCC)cc3)N(c3ccc(C(=O)OCC)cc3)C2=O)cc1. The van der Waals surface area contributed by atoms with Gasteiger partial charge < -0.3 is 14.2 Å². The Labute approximate surface area is 221 Å². The molecule has 0 bridgehead atoms. The largest absolute Gasteiger partial charge is 0.494 e. The lowest BCUT2D eigenvalue weighted by atomic mass is 10.0. The fourth-order valence-electron chi connectivity index (χ4n) is 4.27. The van der Waals surface area contributed by atoms with Crippen molar-refractivity contribution in [1.29, 1.82) is 0 Å². The highest BCUT2D eigenvalue weighted by Crippen LogP contribution is 2.37. The van der Waals surface area contributed by atoms with E-state index in [-0.39, 0.29) is 18.6 Å². The van der Waals surface area contributed by atoms with Crippen molar-refractivity contribution in [3.05, 3.63) is 89.5 Å². The molecule has 0 aromatic heterocycles. The van der Waals surface area contributed by atoms with Crippen LogP contribution >= 0.6 is 0 Å². The molecule has 0 radical (unpaired) electrons. The van der Waals surface area contributed by atoms with E-state index in [1.807, 2.05) is 31.2 Å². The summed E-state index contributed by atoms with van der Waals surface area (Å²) in [5, 5.41) is 0. The van der Waals surface area contributed by atoms with Gasteiger partial charge in [-0.2, -0.15) is 0 Å². The number of nitrogens with zero attached hydrogens (tertiary/aromatic N) is 2. The predicted octanol–water partition coefficient (Wildman–Crippen LogP) is 5.69. The molecule has 1 fully saturated rings. The van der Waals surface area contributed by atoms with Crippen LogP contribution in [-0.2, 0) is 14.3 Å². The first kappa shape index (κ1) is 26.6. The second-order valence-corrected chi connectivity index (χ2v) is 8.49. The second-order valence-electron chi connectivity index (χ2n) is 8.49. The fourth-order valence-corrected chi connectivity index (χ4v) is 4.27. The third-order valence-electron chi connectivity index (χ3n) is 6.04. The number of benzene rings is 3. The van der Waals surface area contributed by atoms with Crippen molar-refractivity contribution < 1.29 is 28.6 Å². The van der Waals surface area contributed by atoms with Gasteiger partial charge in [-0.1, -0.05) is 12.1 Å². The molecule has 1 saturated heterocycles. The van der Waals surface area contributed by atoms with E-state index in [2.05, 4.69) is 4.99 Å². The summed E-state index contributed by atoms with van der Waals surface area (Å²) < 4.78 is 15.7. The molecule has 0 spiro atoms. The minimum atomic E-state index is -0.414. The van der Waals surface area contributed by atoms with Crippen LogP contribution in [0.4, 0.5) is 11.4 Å². The third kappa shape index (κ3) is 5.91. The molecule has 8 nitrogen and oxygen atoms in total. The summed E-state index contributed by atoms with van der Waals surface area (Å²) in [5.74, 6) is -0.302. The number of amides is 1. The normalized spacial score (nSPS) is 16.0. The van der Waals surface area contributed by atoms with Crippen LogP contribution in [-0.4, -0.2) is 43.4 Å². The quantitative estimate of drug-likeness (QED) is 0.341. The molecule has 1 unspecified atom stereocenters. The smallest absolute Gasteiger partial charge is 0.338 e. The van der Waals surface area contributed by atoms with Gasteiger partial charge in [0.05, 0.1) is 42.7 Å². The van der Waals surface area contributed by atoms with Crippen molar-refractivity contribution in [3.63, 3.8) is 0 Å². The van der Waals surface area contributed by atoms with Gasteiger partial charge in [-0.25, -0.2) is 14.6 Å². The molecular formula is C30H30N2O6. The summed E-state index contributed by atoms with van der Waals surface area (Å²) in [5.41, 5.74) is 3.36. The van der Waals surface area contributed by atoms with Crippen LogP contribution in [0, 0.1) is 0 Å². The Kier molecular flexibility index (Phi) is 8.53. The maximum absolute atomic E-state index is 13.6. The highest BCUT2D eigenvalue weighted by Gasteiger charge is 2.38. The summed E-state index contributed by atoms with van der Waals surface area (Å²) in [7, 11) is 0. The molecule has 1 atom stereocenters. The monoisotopic (exact) mass is 514 g/mol. The van der Waals surface area contributed by atoms with Gasteiger partial charge in [0.25, 0.3) is 5.91 Å². The van der Waals surface area contributed by atoms with Crippen LogP contribution in [0.1, 0.15) is 59.5 Å². The number of aliphatic imine (C=N–C) groups is 1. The van der Waals surface area contributed by atoms with Gasteiger partial charge in [-0.15, -0.1) is 0 Å². The van der Waals surface area contributed by atoms with E-state index in [1.54, 1.807) is 67.3 Å². The number of carbonyl (C=O) groups is 3. The number of ether oxygens (including phenoxy) is 3. The van der Waals surface area contributed by atoms with Gasteiger partial charge in [0.2, 0.25) is 0 Å². The van der Waals surface area contributed by atoms with Crippen LogP contribution in [0.5, 0.6) is 5.75 Å². The second kappa shape index (κ2) is 12.2. The summed E-state index contributed by atoms with van der Waals surface area (Å²) in [6.07, 6.45) is 0.381. The summed E-state index contributed by atoms with van der Waals surface area (Å²) >= 11 is 0. The van der Waals surface area contributed by atoms with Crippen LogP contribution in [0.2, 0.25) is 0 Å². The molecule has 1 aliphatic rings. The van der Waals surface area contributed by atoms with E-state index in [0.717, 1.165) is 11.3 Å². The van der Waals surface area contributed by atoms with Crippen LogP contribution in [0.25, 0.3) is 0 Å². The number of esters is 2. The summed E-state index contributed by atoms with van der Waals surface area (Å²) in [6.45, 7) is 6.56. The van der Waals surface area contributed by atoms with Gasteiger partial charge in [0, 0.05) is 12.1 Å². The molecule has 196 valence electrons. The van der Waals surface area contributed by atoms with Gasteiger partial charge in [0.15, 0.2) is 0 Å². The van der Waals surface area contributed by atoms with E-state index in [1.165, 1.54) is 0 Å². The Morgan fingerprint density at radius 3 is 1.87 bits per heavy atom. The molecule has 3 aromatic rings. The minimum Gasteiger partial charge on any atom is -0.494 e. The van der Waals surface area contributed by atoms with E-state index in [4.69, 9.17) is 14.2 Å². The lowest BCUT2D eigenvalue weighted by Crippen LogP contribution is -2.29. The van der Waals surface area contributed by atoms with Gasteiger partial charge in [-0.05, 0) is 87.0 Å². The maximum Gasteiger partial charge on any atom is 0.338 e. The fraction of sp³-hybridized carbons (Fsp3) is 0.267. The summed E-state index contributed by atoms with van der Waals surface area (Å²) in [6, 6.07) is 20.8. The Bertz CT molecular complexity index is 1310. The van der Waals surface area contributed by atoms with Crippen molar-refractivity contribution >= 4 is 34.9 Å². The number of rotatable bonds is 9. The average molecular weight is 515 g/mol. The maximum atomic E-state index is 13.6. The molecule has 1 aliphatic heterocycles. The van der Waals surface area contributed by atoms with Gasteiger partial charge >= 0.3 is 11.9 Å². The zero-order valence-electron chi connectivity index (χ0n) is 21.7. The minimum absolute atomic E-state index is 0.234. The number of hydrogen-bond donors (Lipinski definition) is 0. The zero-order chi connectivity index (χ0) is 27.1. The molecular weight excluding hydrogens is 484 g/mol. The van der Waals surface area contributed by atoms with Crippen molar-refractivity contribution in [2.24, 2.45) is 4.99 Å². The molecule has 1 amide bonds. The number of anilines is 1. The first-order chi connectivity index (χ1) is 18.4. The van der Waals surface area contributed by atoms with E-state index in [0.29, 0.717) is 47.8 Å². The number of hydrogen-bond acceptors (Lipinski definition) is 7. The van der Waals surface area contributed by atoms with E-state index >= 15 is 0 Å². The highest BCUT2D eigenvalue weighted by atomic mass is 16.5. The van der Waals surface area contributed by atoms with Crippen molar-refractivity contribution in [3.8, 4) is 5.75 Å². The average Bonchev–Trinajstić information content (AvgIpc) is 3.25. The summed E-state index contributed by atoms with van der Waals surface area (Å²) in [4.78, 5) is 44.0. The van der Waals surface area contributed by atoms with Crippen molar-refractivity contribution in [2.75, 3.05) is 24.7 Å². The van der Waals surface area contributed by atoms with Crippen LogP contribution in [0.3, 0.4) is 0 Å². The molecule has 0 N–H and O–H groups in total. The lowest BCUT2D eigenvalue weighted by Gasteiger charge is -2.25. The standard InChI is InChI=1S/C30H30N2O6/c1-4-36-25-17-11-20(12-18-25)27-19-26(31-23-13-7-21(8-14-23)29(34)37-5-2)28(33)32(27)24-15-9-22(10-16-24)30(35)38-6-3/h7-18,27H,4-6,19H2,1-3H3. The highest BCUT2D eigenvalue weighted by molar-refractivity contribution is 6.46. The third-order valence-corrected chi connectivity index (χ3v) is 6.04. The zero-order valence-corrected chi connectivity index (χ0v) is 21.7. The molecule has 1 heterocycles.